The summed E-state index contributed by atoms with van der Waals surface area (Å²) in [4.78, 5) is 58.9. The van der Waals surface area contributed by atoms with Crippen LogP contribution in [0, 0.1) is 17.7 Å². The summed E-state index contributed by atoms with van der Waals surface area (Å²) < 4.78 is 67.4. The van der Waals surface area contributed by atoms with Crippen molar-refractivity contribution in [3.63, 3.8) is 0 Å². The van der Waals surface area contributed by atoms with Gasteiger partial charge in [0.2, 0.25) is 17.7 Å². The minimum absolute atomic E-state index is 0.0576. The van der Waals surface area contributed by atoms with E-state index in [0.717, 1.165) is 6.07 Å². The minimum atomic E-state index is -4.67. The van der Waals surface area contributed by atoms with Crippen molar-refractivity contribution in [1.29, 1.82) is 0 Å². The molecule has 306 valence electrons. The highest BCUT2D eigenvalue weighted by molar-refractivity contribution is 5.98. The van der Waals surface area contributed by atoms with Gasteiger partial charge in [0.25, 0.3) is 0 Å². The van der Waals surface area contributed by atoms with Crippen molar-refractivity contribution in [2.75, 3.05) is 7.11 Å². The third kappa shape index (κ3) is 9.51. The van der Waals surface area contributed by atoms with Crippen molar-refractivity contribution in [2.24, 2.45) is 11.8 Å². The summed E-state index contributed by atoms with van der Waals surface area (Å²) in [5.41, 5.74) is -1.40. The van der Waals surface area contributed by atoms with Gasteiger partial charge in [-0.3, -0.25) is 14.4 Å². The zero-order valence-corrected chi connectivity index (χ0v) is 32.4. The van der Waals surface area contributed by atoms with E-state index in [1.54, 1.807) is 26.0 Å². The molecule has 1 heterocycles. The van der Waals surface area contributed by atoms with E-state index in [0.29, 0.717) is 29.7 Å². The number of esters is 1. The van der Waals surface area contributed by atoms with Crippen LogP contribution in [-0.2, 0) is 56.0 Å². The topological polar surface area (TPSA) is 159 Å². The second-order valence-electron chi connectivity index (χ2n) is 14.7. The molecule has 5 rings (SSSR count). The minimum Gasteiger partial charge on any atom is -0.504 e. The standard InChI is InChI=1S/C42H48F4N4O7/c1-6-23(3)35(48-34(52)20-26-11-8-9-14-30(26)43)38(53)50-41(18-17-31-28(21-41)27-12-10-13-29(37(27)47-31)42(44,45)46)40(55)49-36(24(4)7-2)39(54)57-22-25-15-16-33(56-5)32(51)19-25/h8-16,19,23-24,35-36,47,51H,6-7,17-18,20-22H2,1-5H3,(H,48,52)(H,49,55)(H,50,53)/t23?,24?,35-,36-,41+/m0/s1. The Bertz CT molecular complexity index is 2120. The fourth-order valence-corrected chi connectivity index (χ4v) is 7.14. The lowest BCUT2D eigenvalue weighted by molar-refractivity contribution is -0.151. The second kappa shape index (κ2) is 17.7. The summed E-state index contributed by atoms with van der Waals surface area (Å²) in [7, 11) is 1.39. The molecule has 2 unspecified atom stereocenters. The first-order valence-electron chi connectivity index (χ1n) is 18.9. The van der Waals surface area contributed by atoms with E-state index in [1.807, 2.05) is 13.8 Å². The van der Waals surface area contributed by atoms with Gasteiger partial charge in [0, 0.05) is 17.5 Å². The van der Waals surface area contributed by atoms with Crippen LogP contribution in [0.1, 0.15) is 74.9 Å². The molecule has 15 heteroatoms. The monoisotopic (exact) mass is 796 g/mol. The number of aromatic hydroxyl groups is 1. The van der Waals surface area contributed by atoms with Crippen LogP contribution >= 0.6 is 0 Å². The van der Waals surface area contributed by atoms with Crippen LogP contribution < -0.4 is 20.7 Å². The van der Waals surface area contributed by atoms with Crippen LogP contribution in [0.2, 0.25) is 0 Å². The van der Waals surface area contributed by atoms with Gasteiger partial charge in [-0.25, -0.2) is 9.18 Å². The summed E-state index contributed by atoms with van der Waals surface area (Å²) in [5.74, 6) is -4.38. The molecule has 0 saturated heterocycles. The summed E-state index contributed by atoms with van der Waals surface area (Å²) in [5, 5.41) is 18.8. The molecule has 1 aromatic heterocycles. The Morgan fingerprint density at radius 3 is 2.30 bits per heavy atom. The number of rotatable bonds is 15. The maximum absolute atomic E-state index is 14.7. The molecular weight excluding hydrogens is 748 g/mol. The molecule has 0 aliphatic heterocycles. The average molecular weight is 797 g/mol. The number of methoxy groups -OCH3 is 1. The molecule has 3 amide bonds. The van der Waals surface area contributed by atoms with Crippen molar-refractivity contribution in [3.05, 3.63) is 94.4 Å². The van der Waals surface area contributed by atoms with Gasteiger partial charge in [0.1, 0.15) is 30.0 Å². The number of aryl methyl sites for hydroxylation is 1. The van der Waals surface area contributed by atoms with E-state index in [1.165, 1.54) is 49.6 Å². The number of benzene rings is 3. The molecule has 11 nitrogen and oxygen atoms in total. The third-order valence-corrected chi connectivity index (χ3v) is 10.9. The number of aromatic amines is 1. The molecule has 1 aliphatic rings. The molecular formula is C42H48F4N4O7. The molecule has 57 heavy (non-hydrogen) atoms. The average Bonchev–Trinajstić information content (AvgIpc) is 3.55. The third-order valence-electron chi connectivity index (χ3n) is 10.9. The van der Waals surface area contributed by atoms with Crippen LogP contribution in [0.3, 0.4) is 0 Å². The number of aromatic nitrogens is 1. The zero-order valence-electron chi connectivity index (χ0n) is 32.4. The molecule has 0 radical (unpaired) electrons. The summed E-state index contributed by atoms with van der Waals surface area (Å²) in [6.45, 7) is 6.84. The molecule has 3 aromatic carbocycles. The van der Waals surface area contributed by atoms with E-state index in [2.05, 4.69) is 20.9 Å². The fraction of sp³-hybridized carbons (Fsp3) is 0.429. The highest BCUT2D eigenvalue weighted by atomic mass is 19.4. The molecule has 1 aliphatic carbocycles. The Labute approximate surface area is 327 Å². The Balaban J connectivity index is 1.48. The van der Waals surface area contributed by atoms with Crippen molar-refractivity contribution >= 4 is 34.6 Å². The van der Waals surface area contributed by atoms with Crippen LogP contribution in [-0.4, -0.2) is 58.5 Å². The van der Waals surface area contributed by atoms with Gasteiger partial charge in [0.05, 0.1) is 24.6 Å². The van der Waals surface area contributed by atoms with E-state index < -0.39 is 70.7 Å². The molecule has 5 atom stereocenters. The van der Waals surface area contributed by atoms with Crippen LogP contribution in [0.25, 0.3) is 10.9 Å². The van der Waals surface area contributed by atoms with E-state index >= 15 is 0 Å². The quantitative estimate of drug-likeness (QED) is 0.0685. The Kier molecular flexibility index (Phi) is 13.2. The summed E-state index contributed by atoms with van der Waals surface area (Å²) in [6, 6.07) is 11.6. The van der Waals surface area contributed by atoms with Crippen molar-refractivity contribution < 1.29 is 51.3 Å². The van der Waals surface area contributed by atoms with Gasteiger partial charge in [-0.1, -0.05) is 76.9 Å². The lowest BCUT2D eigenvalue weighted by atomic mass is 9.78. The maximum atomic E-state index is 14.7. The van der Waals surface area contributed by atoms with Gasteiger partial charge >= 0.3 is 12.1 Å². The predicted octanol–water partition coefficient (Wildman–Crippen LogP) is 6.43. The Hall–Kier alpha value is -5.60. The SMILES string of the molecule is CCC(C)[C@H](NC(=O)Cc1ccccc1F)C(=O)N[C@]1(C(=O)N[C@H](C(=O)OCc2ccc(OC)c(O)c2)C(C)CC)CCc2[nH]c3c(C(F)(F)F)cccc3c2C1. The Morgan fingerprint density at radius 1 is 0.947 bits per heavy atom. The number of amides is 3. The van der Waals surface area contributed by atoms with E-state index in [9.17, 15) is 41.8 Å². The van der Waals surface area contributed by atoms with Crippen molar-refractivity contribution in [3.8, 4) is 11.5 Å². The lowest BCUT2D eigenvalue weighted by Gasteiger charge is -2.39. The number of halogens is 4. The second-order valence-corrected chi connectivity index (χ2v) is 14.7. The van der Waals surface area contributed by atoms with Crippen LogP contribution in [0.4, 0.5) is 17.6 Å². The number of alkyl halides is 3. The molecule has 0 bridgehead atoms. The zero-order chi connectivity index (χ0) is 41.7. The maximum Gasteiger partial charge on any atom is 0.418 e. The number of ether oxygens (including phenoxy) is 2. The number of carbonyl (C=O) groups is 4. The predicted molar refractivity (Wildman–Crippen MR) is 204 cm³/mol. The van der Waals surface area contributed by atoms with E-state index in [4.69, 9.17) is 9.47 Å². The smallest absolute Gasteiger partial charge is 0.418 e. The molecule has 0 saturated carbocycles. The highest BCUT2D eigenvalue weighted by Gasteiger charge is 2.47. The van der Waals surface area contributed by atoms with Crippen molar-refractivity contribution in [2.45, 2.75) is 96.6 Å². The normalized spacial score (nSPS) is 17.4. The van der Waals surface area contributed by atoms with Crippen LogP contribution in [0.5, 0.6) is 11.5 Å². The van der Waals surface area contributed by atoms with Crippen LogP contribution in [0.15, 0.2) is 60.7 Å². The number of H-pyrrole nitrogens is 1. The number of phenols is 1. The molecule has 0 spiro atoms. The molecule has 4 aromatic rings. The van der Waals surface area contributed by atoms with Gasteiger partial charge < -0.3 is 35.5 Å². The number of carbonyl (C=O) groups excluding carboxylic acids is 4. The number of hydrogen-bond donors (Lipinski definition) is 5. The first kappa shape index (κ1) is 42.5. The van der Waals surface area contributed by atoms with Gasteiger partial charge in [-0.05, 0) is 65.6 Å². The first-order chi connectivity index (χ1) is 27.0. The number of para-hydroxylation sites is 1. The van der Waals surface area contributed by atoms with Gasteiger partial charge in [0.15, 0.2) is 11.5 Å². The van der Waals surface area contributed by atoms with E-state index in [-0.39, 0.29) is 60.3 Å². The summed E-state index contributed by atoms with van der Waals surface area (Å²) >= 11 is 0. The fourth-order valence-electron chi connectivity index (χ4n) is 7.14. The van der Waals surface area contributed by atoms with Gasteiger partial charge in [-0.2, -0.15) is 13.2 Å². The number of fused-ring (bicyclic) bond motifs is 3. The number of hydrogen-bond acceptors (Lipinski definition) is 7. The van der Waals surface area contributed by atoms with Gasteiger partial charge in [-0.15, -0.1) is 0 Å². The summed E-state index contributed by atoms with van der Waals surface area (Å²) in [6.07, 6.45) is -4.43. The highest BCUT2D eigenvalue weighted by Crippen LogP contribution is 2.40. The number of nitrogens with one attached hydrogen (secondary N) is 4. The molecule has 5 N–H and O–H groups in total. The largest absolute Gasteiger partial charge is 0.504 e. The number of phenolic OH excluding ortho intramolecular Hbond substituents is 1. The first-order valence-corrected chi connectivity index (χ1v) is 18.9. The lowest BCUT2D eigenvalue weighted by Crippen LogP contribution is -2.66. The molecule has 0 fully saturated rings. The van der Waals surface area contributed by atoms with Crippen molar-refractivity contribution in [1.82, 2.24) is 20.9 Å². The Morgan fingerprint density at radius 2 is 1.65 bits per heavy atom.